The Morgan fingerprint density at radius 3 is 2.47 bits per heavy atom. The van der Waals surface area contributed by atoms with Crippen molar-refractivity contribution in [1.82, 2.24) is 10.2 Å². The van der Waals surface area contributed by atoms with Crippen LogP contribution >= 0.6 is 11.8 Å². The van der Waals surface area contributed by atoms with Gasteiger partial charge in [-0.3, -0.25) is 4.79 Å². The average Bonchev–Trinajstić information content (AvgIpc) is 3.21. The van der Waals surface area contributed by atoms with Crippen molar-refractivity contribution in [3.05, 3.63) is 42.5 Å². The number of hydrogen-bond acceptors (Lipinski definition) is 8. The molecule has 0 aliphatic heterocycles. The van der Waals surface area contributed by atoms with E-state index in [2.05, 4.69) is 15.5 Å². The number of nitrogens with zero attached hydrogens (tertiary/aromatic N) is 3. The first kappa shape index (κ1) is 21.5. The summed E-state index contributed by atoms with van der Waals surface area (Å²) in [4.78, 5) is 14.5. The molecule has 30 heavy (non-hydrogen) atoms. The van der Waals surface area contributed by atoms with Crippen LogP contribution < -0.4 is 19.7 Å². The van der Waals surface area contributed by atoms with Crippen molar-refractivity contribution < 1.29 is 18.7 Å². The van der Waals surface area contributed by atoms with Crippen molar-refractivity contribution in [3.63, 3.8) is 0 Å². The molecule has 0 saturated heterocycles. The summed E-state index contributed by atoms with van der Waals surface area (Å²) in [5.74, 6) is 1.37. The average molecular weight is 429 g/mol. The van der Waals surface area contributed by atoms with E-state index in [1.165, 1.54) is 11.8 Å². The van der Waals surface area contributed by atoms with E-state index in [-0.39, 0.29) is 5.91 Å². The standard InChI is InChI=1S/C21H24N4O4S/c1-13(19(26)22-14-6-8-15(9-7-14)25(2)3)30-21-24-23-20(29-21)17-11-10-16(27-4)12-18(17)28-5/h6-13H,1-5H3,(H,22,26)/t13-/m0/s1. The number of ether oxygens (including phenoxy) is 2. The molecule has 1 atom stereocenters. The fourth-order valence-electron chi connectivity index (χ4n) is 2.63. The second-order valence-corrected chi connectivity index (χ2v) is 7.92. The van der Waals surface area contributed by atoms with Crippen molar-refractivity contribution in [2.75, 3.05) is 38.5 Å². The Labute approximate surface area is 179 Å². The van der Waals surface area contributed by atoms with E-state index in [4.69, 9.17) is 13.9 Å². The molecule has 2 aromatic carbocycles. The predicted molar refractivity (Wildman–Crippen MR) is 118 cm³/mol. The molecule has 0 radical (unpaired) electrons. The molecule has 0 bridgehead atoms. The van der Waals surface area contributed by atoms with Crippen molar-refractivity contribution >= 4 is 29.0 Å². The van der Waals surface area contributed by atoms with Gasteiger partial charge in [-0.1, -0.05) is 11.8 Å². The second-order valence-electron chi connectivity index (χ2n) is 6.63. The van der Waals surface area contributed by atoms with E-state index in [0.717, 1.165) is 11.4 Å². The molecular formula is C21H24N4O4S. The predicted octanol–water partition coefficient (Wildman–Crippen LogP) is 3.94. The van der Waals surface area contributed by atoms with Crippen LogP contribution in [0.2, 0.25) is 0 Å². The molecule has 0 spiro atoms. The minimum Gasteiger partial charge on any atom is -0.497 e. The van der Waals surface area contributed by atoms with Gasteiger partial charge >= 0.3 is 0 Å². The third kappa shape index (κ3) is 5.04. The number of hydrogen-bond donors (Lipinski definition) is 1. The van der Waals surface area contributed by atoms with Gasteiger partial charge < -0.3 is 24.1 Å². The smallest absolute Gasteiger partial charge is 0.277 e. The molecule has 0 saturated carbocycles. The van der Waals surface area contributed by atoms with E-state index in [0.29, 0.717) is 28.2 Å². The minimum atomic E-state index is -0.426. The number of rotatable bonds is 8. The van der Waals surface area contributed by atoms with Crippen molar-refractivity contribution in [1.29, 1.82) is 0 Å². The summed E-state index contributed by atoms with van der Waals surface area (Å²) in [6, 6.07) is 12.9. The van der Waals surface area contributed by atoms with Gasteiger partial charge in [-0.05, 0) is 43.3 Å². The zero-order valence-electron chi connectivity index (χ0n) is 17.5. The van der Waals surface area contributed by atoms with Gasteiger partial charge in [-0.25, -0.2) is 0 Å². The Balaban J connectivity index is 1.66. The molecule has 3 aromatic rings. The van der Waals surface area contributed by atoms with Gasteiger partial charge in [-0.2, -0.15) is 0 Å². The fourth-order valence-corrected chi connectivity index (χ4v) is 3.32. The van der Waals surface area contributed by atoms with Crippen LogP contribution in [0.1, 0.15) is 6.92 Å². The zero-order valence-corrected chi connectivity index (χ0v) is 18.3. The number of methoxy groups -OCH3 is 2. The lowest BCUT2D eigenvalue weighted by molar-refractivity contribution is -0.115. The fraction of sp³-hybridized carbons (Fsp3) is 0.286. The van der Waals surface area contributed by atoms with Gasteiger partial charge in [0.25, 0.3) is 11.1 Å². The van der Waals surface area contributed by atoms with Gasteiger partial charge in [0.1, 0.15) is 11.5 Å². The van der Waals surface area contributed by atoms with E-state index in [1.54, 1.807) is 39.3 Å². The summed E-state index contributed by atoms with van der Waals surface area (Å²) in [6.07, 6.45) is 0. The lowest BCUT2D eigenvalue weighted by atomic mass is 10.2. The number of thioether (sulfide) groups is 1. The van der Waals surface area contributed by atoms with E-state index < -0.39 is 5.25 Å². The number of anilines is 2. The number of carbonyl (C=O) groups is 1. The SMILES string of the molecule is COc1ccc(-c2nnc(S[C@@H](C)C(=O)Nc3ccc(N(C)C)cc3)o2)c(OC)c1. The molecule has 0 aliphatic rings. The first-order chi connectivity index (χ1) is 14.4. The molecule has 8 nitrogen and oxygen atoms in total. The molecule has 9 heteroatoms. The van der Waals surface area contributed by atoms with Crippen molar-refractivity contribution in [2.45, 2.75) is 17.4 Å². The lowest BCUT2D eigenvalue weighted by Gasteiger charge is -2.14. The first-order valence-electron chi connectivity index (χ1n) is 9.22. The summed E-state index contributed by atoms with van der Waals surface area (Å²) in [6.45, 7) is 1.78. The maximum atomic E-state index is 12.5. The zero-order chi connectivity index (χ0) is 21.7. The van der Waals surface area contributed by atoms with Crippen LogP contribution in [0.4, 0.5) is 11.4 Å². The monoisotopic (exact) mass is 428 g/mol. The van der Waals surface area contributed by atoms with E-state index in [9.17, 15) is 4.79 Å². The largest absolute Gasteiger partial charge is 0.497 e. The number of nitrogens with one attached hydrogen (secondary N) is 1. The highest BCUT2D eigenvalue weighted by Gasteiger charge is 2.20. The molecule has 1 N–H and O–H groups in total. The Morgan fingerprint density at radius 1 is 1.10 bits per heavy atom. The second kappa shape index (κ2) is 9.53. The third-order valence-electron chi connectivity index (χ3n) is 4.34. The highest BCUT2D eigenvalue weighted by Crippen LogP contribution is 2.34. The quantitative estimate of drug-likeness (QED) is 0.540. The van der Waals surface area contributed by atoms with Crippen molar-refractivity contribution in [3.8, 4) is 23.0 Å². The van der Waals surface area contributed by atoms with Crippen LogP contribution in [0.25, 0.3) is 11.5 Å². The minimum absolute atomic E-state index is 0.153. The van der Waals surface area contributed by atoms with Crippen LogP contribution in [-0.2, 0) is 4.79 Å². The highest BCUT2D eigenvalue weighted by atomic mass is 32.2. The van der Waals surface area contributed by atoms with Gasteiger partial charge in [0.05, 0.1) is 25.0 Å². The number of amides is 1. The summed E-state index contributed by atoms with van der Waals surface area (Å²) >= 11 is 1.19. The van der Waals surface area contributed by atoms with E-state index in [1.807, 2.05) is 43.3 Å². The maximum absolute atomic E-state index is 12.5. The van der Waals surface area contributed by atoms with Crippen LogP contribution in [0.3, 0.4) is 0 Å². The number of benzene rings is 2. The molecule has 0 unspecified atom stereocenters. The van der Waals surface area contributed by atoms with Crippen LogP contribution in [0.15, 0.2) is 52.1 Å². The lowest BCUT2D eigenvalue weighted by Crippen LogP contribution is -2.22. The van der Waals surface area contributed by atoms with Crippen LogP contribution in [-0.4, -0.2) is 49.7 Å². The molecule has 0 fully saturated rings. The van der Waals surface area contributed by atoms with Crippen LogP contribution in [0, 0.1) is 0 Å². The number of carbonyl (C=O) groups excluding carboxylic acids is 1. The van der Waals surface area contributed by atoms with Gasteiger partial charge in [0.15, 0.2) is 0 Å². The van der Waals surface area contributed by atoms with Gasteiger partial charge in [-0.15, -0.1) is 10.2 Å². The Kier molecular flexibility index (Phi) is 6.83. The molecule has 158 valence electrons. The maximum Gasteiger partial charge on any atom is 0.277 e. The van der Waals surface area contributed by atoms with Crippen LogP contribution in [0.5, 0.6) is 11.5 Å². The third-order valence-corrected chi connectivity index (χ3v) is 5.28. The molecule has 0 aliphatic carbocycles. The van der Waals surface area contributed by atoms with Gasteiger partial charge in [0.2, 0.25) is 5.91 Å². The van der Waals surface area contributed by atoms with E-state index >= 15 is 0 Å². The Bertz CT molecular complexity index is 1000. The molecule has 1 aromatic heterocycles. The molecule has 1 amide bonds. The summed E-state index contributed by atoms with van der Waals surface area (Å²) < 4.78 is 16.3. The van der Waals surface area contributed by atoms with Gasteiger partial charge in [0, 0.05) is 31.5 Å². The Morgan fingerprint density at radius 2 is 1.83 bits per heavy atom. The van der Waals surface area contributed by atoms with Crippen molar-refractivity contribution in [2.24, 2.45) is 0 Å². The summed E-state index contributed by atoms with van der Waals surface area (Å²) in [7, 11) is 7.07. The highest BCUT2D eigenvalue weighted by molar-refractivity contribution is 8.00. The summed E-state index contributed by atoms with van der Waals surface area (Å²) in [5.41, 5.74) is 2.44. The first-order valence-corrected chi connectivity index (χ1v) is 10.1. The molecular weight excluding hydrogens is 404 g/mol. The molecule has 1 heterocycles. The Hall–Kier alpha value is -3.20. The number of aromatic nitrogens is 2. The summed E-state index contributed by atoms with van der Waals surface area (Å²) in [5, 5.41) is 10.9. The normalized spacial score (nSPS) is 11.6. The topological polar surface area (TPSA) is 89.7 Å². The molecule has 3 rings (SSSR count).